The van der Waals surface area contributed by atoms with E-state index in [1.54, 1.807) is 7.11 Å². The number of nitrogens with two attached hydrogens (primary N) is 1. The van der Waals surface area contributed by atoms with Gasteiger partial charge in [-0.3, -0.25) is 0 Å². The lowest BCUT2D eigenvalue weighted by Crippen LogP contribution is -2.49. The molecule has 1 aliphatic rings. The molecule has 1 saturated heterocycles. The second kappa shape index (κ2) is 5.51. The van der Waals surface area contributed by atoms with Gasteiger partial charge in [-0.05, 0) is 31.8 Å². The van der Waals surface area contributed by atoms with E-state index >= 15 is 0 Å². The van der Waals surface area contributed by atoms with Crippen LogP contribution in [0.2, 0.25) is 0 Å². The molecule has 0 spiro atoms. The SMILES string of the molecule is COCCCCN1CC(CN)C1. The van der Waals surface area contributed by atoms with Gasteiger partial charge in [-0.15, -0.1) is 0 Å². The average Bonchev–Trinajstić information content (AvgIpc) is 2.01. The van der Waals surface area contributed by atoms with Crippen LogP contribution in [-0.4, -0.2) is 44.8 Å². The predicted octanol–water partition coefficient (Wildman–Crippen LogP) is 0.304. The highest BCUT2D eigenvalue weighted by Crippen LogP contribution is 2.13. The van der Waals surface area contributed by atoms with Gasteiger partial charge < -0.3 is 15.4 Å². The van der Waals surface area contributed by atoms with E-state index in [4.69, 9.17) is 10.5 Å². The van der Waals surface area contributed by atoms with Gasteiger partial charge in [-0.25, -0.2) is 0 Å². The number of likely N-dealkylation sites (tertiary alicyclic amines) is 1. The molecular weight excluding hydrogens is 152 g/mol. The zero-order chi connectivity index (χ0) is 8.81. The second-order valence-corrected chi connectivity index (χ2v) is 3.56. The first kappa shape index (κ1) is 9.96. The Morgan fingerprint density at radius 2 is 2.17 bits per heavy atom. The standard InChI is InChI=1S/C9H20N2O/c1-12-5-3-2-4-11-7-9(6-10)8-11/h9H,2-8,10H2,1H3. The van der Waals surface area contributed by atoms with Crippen LogP contribution in [0.1, 0.15) is 12.8 Å². The summed E-state index contributed by atoms with van der Waals surface area (Å²) in [5.41, 5.74) is 5.53. The lowest BCUT2D eigenvalue weighted by molar-refractivity contribution is 0.0992. The molecule has 1 fully saturated rings. The third-order valence-electron chi connectivity index (χ3n) is 2.44. The highest BCUT2D eigenvalue weighted by Gasteiger charge is 2.23. The van der Waals surface area contributed by atoms with Crippen LogP contribution in [0, 0.1) is 5.92 Å². The summed E-state index contributed by atoms with van der Waals surface area (Å²) in [6, 6.07) is 0. The second-order valence-electron chi connectivity index (χ2n) is 3.56. The molecule has 0 aromatic rings. The van der Waals surface area contributed by atoms with Crippen LogP contribution in [0.3, 0.4) is 0 Å². The van der Waals surface area contributed by atoms with Crippen molar-refractivity contribution in [3.05, 3.63) is 0 Å². The maximum atomic E-state index is 5.53. The quantitative estimate of drug-likeness (QED) is 0.586. The Morgan fingerprint density at radius 1 is 1.42 bits per heavy atom. The summed E-state index contributed by atoms with van der Waals surface area (Å²) in [4.78, 5) is 2.47. The van der Waals surface area contributed by atoms with Crippen molar-refractivity contribution >= 4 is 0 Å². The van der Waals surface area contributed by atoms with Crippen molar-refractivity contribution in [1.29, 1.82) is 0 Å². The van der Waals surface area contributed by atoms with Gasteiger partial charge in [-0.1, -0.05) is 0 Å². The molecule has 0 unspecified atom stereocenters. The Hall–Kier alpha value is -0.120. The van der Waals surface area contributed by atoms with Gasteiger partial charge in [0.1, 0.15) is 0 Å². The Bertz CT molecular complexity index is 113. The van der Waals surface area contributed by atoms with Crippen molar-refractivity contribution in [3.63, 3.8) is 0 Å². The van der Waals surface area contributed by atoms with Crippen molar-refractivity contribution in [2.75, 3.05) is 39.9 Å². The first-order chi connectivity index (χ1) is 5.86. The lowest BCUT2D eigenvalue weighted by Gasteiger charge is -2.38. The van der Waals surface area contributed by atoms with E-state index in [2.05, 4.69) is 4.90 Å². The molecule has 12 heavy (non-hydrogen) atoms. The van der Waals surface area contributed by atoms with Crippen molar-refractivity contribution in [1.82, 2.24) is 4.90 Å². The molecule has 3 nitrogen and oxygen atoms in total. The topological polar surface area (TPSA) is 38.5 Å². The summed E-state index contributed by atoms with van der Waals surface area (Å²) < 4.78 is 4.98. The number of methoxy groups -OCH3 is 1. The summed E-state index contributed by atoms with van der Waals surface area (Å²) in [6.07, 6.45) is 2.44. The van der Waals surface area contributed by atoms with Crippen LogP contribution in [0.25, 0.3) is 0 Å². The molecule has 1 rings (SSSR count). The van der Waals surface area contributed by atoms with Crippen molar-refractivity contribution in [2.24, 2.45) is 11.7 Å². The lowest BCUT2D eigenvalue weighted by atomic mass is 10.0. The number of nitrogens with zero attached hydrogens (tertiary/aromatic N) is 1. The van der Waals surface area contributed by atoms with Gasteiger partial charge in [0, 0.05) is 26.8 Å². The highest BCUT2D eigenvalue weighted by atomic mass is 16.5. The van der Waals surface area contributed by atoms with Crippen molar-refractivity contribution in [3.8, 4) is 0 Å². The molecule has 0 radical (unpaired) electrons. The minimum Gasteiger partial charge on any atom is -0.385 e. The summed E-state index contributed by atoms with van der Waals surface area (Å²) in [5, 5.41) is 0. The van der Waals surface area contributed by atoms with Crippen molar-refractivity contribution in [2.45, 2.75) is 12.8 Å². The summed E-state index contributed by atoms with van der Waals surface area (Å²) in [7, 11) is 1.76. The summed E-state index contributed by atoms with van der Waals surface area (Å²) in [5.74, 6) is 0.771. The van der Waals surface area contributed by atoms with Gasteiger partial charge in [0.05, 0.1) is 0 Å². The predicted molar refractivity (Wildman–Crippen MR) is 50.1 cm³/mol. The molecule has 0 atom stereocenters. The molecule has 0 aromatic carbocycles. The van der Waals surface area contributed by atoms with Gasteiger partial charge in [0.15, 0.2) is 0 Å². The van der Waals surface area contributed by atoms with Crippen LogP contribution in [0.5, 0.6) is 0 Å². The molecule has 72 valence electrons. The maximum Gasteiger partial charge on any atom is 0.0462 e. The zero-order valence-electron chi connectivity index (χ0n) is 7.96. The van der Waals surface area contributed by atoms with E-state index in [0.29, 0.717) is 0 Å². The molecule has 0 aromatic heterocycles. The molecule has 0 saturated carbocycles. The number of rotatable bonds is 6. The summed E-state index contributed by atoms with van der Waals surface area (Å²) in [6.45, 7) is 5.40. The Balaban J connectivity index is 1.83. The minimum atomic E-state index is 0.771. The monoisotopic (exact) mass is 172 g/mol. The number of ether oxygens (including phenoxy) is 1. The summed E-state index contributed by atoms with van der Waals surface area (Å²) >= 11 is 0. The zero-order valence-corrected chi connectivity index (χ0v) is 7.96. The first-order valence-corrected chi connectivity index (χ1v) is 4.78. The molecule has 0 amide bonds. The Morgan fingerprint density at radius 3 is 2.75 bits per heavy atom. The fourth-order valence-electron chi connectivity index (χ4n) is 1.59. The number of hydrogen-bond acceptors (Lipinski definition) is 3. The molecule has 1 heterocycles. The third-order valence-corrected chi connectivity index (χ3v) is 2.44. The van der Waals surface area contributed by atoms with Crippen LogP contribution in [0.4, 0.5) is 0 Å². The van der Waals surface area contributed by atoms with Crippen LogP contribution in [0.15, 0.2) is 0 Å². The molecule has 0 bridgehead atoms. The fourth-order valence-corrected chi connectivity index (χ4v) is 1.59. The largest absolute Gasteiger partial charge is 0.385 e. The Kier molecular flexibility index (Phi) is 4.58. The smallest absolute Gasteiger partial charge is 0.0462 e. The van der Waals surface area contributed by atoms with Crippen molar-refractivity contribution < 1.29 is 4.74 Å². The van der Waals surface area contributed by atoms with E-state index in [0.717, 1.165) is 19.1 Å². The molecule has 1 aliphatic heterocycles. The first-order valence-electron chi connectivity index (χ1n) is 4.78. The van der Waals surface area contributed by atoms with E-state index in [-0.39, 0.29) is 0 Å². The third kappa shape index (κ3) is 3.09. The van der Waals surface area contributed by atoms with E-state index in [1.165, 1.54) is 32.5 Å². The molecule has 0 aliphatic carbocycles. The average molecular weight is 172 g/mol. The van der Waals surface area contributed by atoms with E-state index in [9.17, 15) is 0 Å². The molecular formula is C9H20N2O. The van der Waals surface area contributed by atoms with Gasteiger partial charge >= 0.3 is 0 Å². The molecule has 3 heteroatoms. The van der Waals surface area contributed by atoms with Gasteiger partial charge in [-0.2, -0.15) is 0 Å². The maximum absolute atomic E-state index is 5.53. The fraction of sp³-hybridized carbons (Fsp3) is 1.00. The molecule has 2 N–H and O–H groups in total. The van der Waals surface area contributed by atoms with Crippen LogP contribution in [-0.2, 0) is 4.74 Å². The van der Waals surface area contributed by atoms with E-state index < -0.39 is 0 Å². The van der Waals surface area contributed by atoms with E-state index in [1.807, 2.05) is 0 Å². The van der Waals surface area contributed by atoms with Gasteiger partial charge in [0.25, 0.3) is 0 Å². The van der Waals surface area contributed by atoms with Crippen LogP contribution >= 0.6 is 0 Å². The minimum absolute atomic E-state index is 0.771. The number of unbranched alkanes of at least 4 members (excludes halogenated alkanes) is 1. The Labute approximate surface area is 74.9 Å². The van der Waals surface area contributed by atoms with Crippen LogP contribution < -0.4 is 5.73 Å². The normalized spacial score (nSPS) is 19.5. The van der Waals surface area contributed by atoms with Gasteiger partial charge in [0.2, 0.25) is 0 Å². The highest BCUT2D eigenvalue weighted by molar-refractivity contribution is 4.79. The number of hydrogen-bond donors (Lipinski definition) is 1.